The largest absolute Gasteiger partial charge is 0.443 e. The smallest absolute Gasteiger partial charge is 0.336 e. The summed E-state index contributed by atoms with van der Waals surface area (Å²) < 4.78 is 4.61. The molecule has 1 aromatic rings. The number of hydrogen-bond acceptors (Lipinski definition) is 9. The maximum atomic E-state index is 11.2. The molecule has 0 aliphatic rings. The molecule has 0 saturated heterocycles. The predicted molar refractivity (Wildman–Crippen MR) is 68.4 cm³/mol. The van der Waals surface area contributed by atoms with E-state index in [0.717, 1.165) is 12.3 Å². The van der Waals surface area contributed by atoms with E-state index in [0.29, 0.717) is 0 Å². The number of carbonyl (C=O) groups excluding carboxylic acids is 1. The van der Waals surface area contributed by atoms with E-state index in [4.69, 9.17) is 5.11 Å². The number of nitrogens with zero attached hydrogens (tertiary/aromatic N) is 3. The second kappa shape index (κ2) is 7.09. The molecule has 1 rings (SSSR count). The average molecular weight is 300 g/mol. The first-order valence-corrected chi connectivity index (χ1v) is 5.74. The summed E-state index contributed by atoms with van der Waals surface area (Å²) in [7, 11) is 0. The molecule has 0 bridgehead atoms. The van der Waals surface area contributed by atoms with Gasteiger partial charge in [0.05, 0.1) is 15.9 Å². The zero-order valence-electron chi connectivity index (χ0n) is 10.9. The van der Waals surface area contributed by atoms with Crippen LogP contribution in [-0.4, -0.2) is 38.7 Å². The normalized spacial score (nSPS) is 11.5. The van der Waals surface area contributed by atoms with E-state index in [1.807, 2.05) is 0 Å². The van der Waals surface area contributed by atoms with Gasteiger partial charge in [0, 0.05) is 0 Å². The number of aliphatic hydroxyl groups is 1. The van der Waals surface area contributed by atoms with Crippen molar-refractivity contribution in [3.63, 3.8) is 0 Å². The lowest BCUT2D eigenvalue weighted by Crippen LogP contribution is -2.24. The Morgan fingerprint density at radius 1 is 1.48 bits per heavy atom. The first-order valence-electron chi connectivity index (χ1n) is 5.74. The molecule has 2 N–H and O–H groups in total. The standard InChI is InChI=1S/C10H12N4O7/c1-2-8(15)10(16)21-5-12-9-7(14(19)20)3-6(4-11-9)13(17)18/h3-4,8,15H,2,5H2,1H3,(H,11,12). The number of ether oxygens (including phenoxy) is 1. The summed E-state index contributed by atoms with van der Waals surface area (Å²) in [6, 6.07) is 0.734. The molecule has 0 aromatic carbocycles. The van der Waals surface area contributed by atoms with Gasteiger partial charge < -0.3 is 15.2 Å². The molecular formula is C10H12N4O7. The summed E-state index contributed by atoms with van der Waals surface area (Å²) in [5.41, 5.74) is -1.16. The Labute approximate surface area is 117 Å². The van der Waals surface area contributed by atoms with E-state index in [-0.39, 0.29) is 12.2 Å². The van der Waals surface area contributed by atoms with Crippen molar-refractivity contribution < 1.29 is 24.5 Å². The molecule has 0 aliphatic heterocycles. The highest BCUT2D eigenvalue weighted by Crippen LogP contribution is 2.25. The van der Waals surface area contributed by atoms with Crippen LogP contribution < -0.4 is 5.32 Å². The Balaban J connectivity index is 2.77. The minimum atomic E-state index is -1.29. The Kier molecular flexibility index (Phi) is 5.48. The summed E-state index contributed by atoms with van der Waals surface area (Å²) in [5, 5.41) is 32.8. The third kappa shape index (κ3) is 4.35. The van der Waals surface area contributed by atoms with Gasteiger partial charge in [0.25, 0.3) is 5.69 Å². The molecule has 0 saturated carbocycles. The van der Waals surface area contributed by atoms with Crippen LogP contribution in [0.25, 0.3) is 0 Å². The first-order chi connectivity index (χ1) is 9.86. The molecule has 0 amide bonds. The summed E-state index contributed by atoms with van der Waals surface area (Å²) in [5.74, 6) is -1.18. The number of nitro groups is 2. The SMILES string of the molecule is CCC(O)C(=O)OCNc1ncc([N+](=O)[O-])cc1[N+](=O)[O-]. The van der Waals surface area contributed by atoms with Gasteiger partial charge in [-0.15, -0.1) is 0 Å². The highest BCUT2D eigenvalue weighted by molar-refractivity contribution is 5.74. The molecule has 11 nitrogen and oxygen atoms in total. The maximum absolute atomic E-state index is 11.2. The maximum Gasteiger partial charge on any atom is 0.336 e. The lowest BCUT2D eigenvalue weighted by molar-refractivity contribution is -0.394. The molecule has 0 radical (unpaired) electrons. The van der Waals surface area contributed by atoms with Gasteiger partial charge in [0.15, 0.2) is 12.8 Å². The molecular weight excluding hydrogens is 288 g/mol. The Hall–Kier alpha value is -2.82. The van der Waals surface area contributed by atoms with Crippen molar-refractivity contribution in [2.24, 2.45) is 0 Å². The van der Waals surface area contributed by atoms with Crippen LogP contribution in [0.15, 0.2) is 12.3 Å². The number of esters is 1. The number of aromatic nitrogens is 1. The fourth-order valence-electron chi connectivity index (χ4n) is 1.26. The zero-order valence-corrected chi connectivity index (χ0v) is 10.9. The van der Waals surface area contributed by atoms with Crippen LogP contribution in [0.1, 0.15) is 13.3 Å². The summed E-state index contributed by atoms with van der Waals surface area (Å²) >= 11 is 0. The Morgan fingerprint density at radius 2 is 2.14 bits per heavy atom. The van der Waals surface area contributed by atoms with Gasteiger partial charge in [-0.2, -0.15) is 0 Å². The zero-order chi connectivity index (χ0) is 16.0. The molecule has 0 aliphatic carbocycles. The fraction of sp³-hybridized carbons (Fsp3) is 0.400. The van der Waals surface area contributed by atoms with Gasteiger partial charge in [0.2, 0.25) is 5.82 Å². The van der Waals surface area contributed by atoms with Gasteiger partial charge >= 0.3 is 11.7 Å². The van der Waals surface area contributed by atoms with Gasteiger partial charge in [-0.05, 0) is 6.42 Å². The van der Waals surface area contributed by atoms with Crippen LogP contribution in [0.3, 0.4) is 0 Å². The van der Waals surface area contributed by atoms with Crippen LogP contribution in [0, 0.1) is 20.2 Å². The molecule has 1 aromatic heterocycles. The molecule has 21 heavy (non-hydrogen) atoms. The first kappa shape index (κ1) is 16.2. The molecule has 0 fully saturated rings. The topological polar surface area (TPSA) is 158 Å². The van der Waals surface area contributed by atoms with Crippen LogP contribution in [-0.2, 0) is 9.53 Å². The highest BCUT2D eigenvalue weighted by atomic mass is 16.6. The second-order valence-corrected chi connectivity index (χ2v) is 3.78. The highest BCUT2D eigenvalue weighted by Gasteiger charge is 2.21. The number of rotatable bonds is 7. The summed E-state index contributed by atoms with van der Waals surface area (Å²) in [4.78, 5) is 34.4. The second-order valence-electron chi connectivity index (χ2n) is 3.78. The van der Waals surface area contributed by atoms with Crippen molar-refractivity contribution in [2.45, 2.75) is 19.4 Å². The molecule has 0 spiro atoms. The van der Waals surface area contributed by atoms with Crippen LogP contribution in [0.4, 0.5) is 17.2 Å². The summed E-state index contributed by atoms with van der Waals surface area (Å²) in [6.45, 7) is 1.10. The molecule has 1 unspecified atom stereocenters. The van der Waals surface area contributed by atoms with E-state index in [9.17, 15) is 25.0 Å². The Bertz CT molecular complexity index is 562. The van der Waals surface area contributed by atoms with Crippen molar-refractivity contribution in [3.8, 4) is 0 Å². The lowest BCUT2D eigenvalue weighted by atomic mass is 10.3. The van der Waals surface area contributed by atoms with E-state index in [1.165, 1.54) is 0 Å². The Morgan fingerprint density at radius 3 is 2.67 bits per heavy atom. The number of aliphatic hydroxyl groups excluding tert-OH is 1. The van der Waals surface area contributed by atoms with Crippen molar-refractivity contribution in [1.82, 2.24) is 4.98 Å². The number of anilines is 1. The van der Waals surface area contributed by atoms with E-state index >= 15 is 0 Å². The summed E-state index contributed by atoms with van der Waals surface area (Å²) in [6.07, 6.45) is -0.293. The quantitative estimate of drug-likeness (QED) is 0.318. The number of pyridine rings is 1. The van der Waals surface area contributed by atoms with Crippen LogP contribution in [0.5, 0.6) is 0 Å². The van der Waals surface area contributed by atoms with Gasteiger partial charge in [-0.25, -0.2) is 9.78 Å². The van der Waals surface area contributed by atoms with E-state index < -0.39 is 40.0 Å². The fourth-order valence-corrected chi connectivity index (χ4v) is 1.26. The molecule has 1 heterocycles. The van der Waals surface area contributed by atoms with Gasteiger partial charge in [-0.3, -0.25) is 20.2 Å². The number of carbonyl (C=O) groups is 1. The third-order valence-corrected chi connectivity index (χ3v) is 2.37. The van der Waals surface area contributed by atoms with E-state index in [1.54, 1.807) is 6.92 Å². The van der Waals surface area contributed by atoms with Crippen molar-refractivity contribution in [1.29, 1.82) is 0 Å². The van der Waals surface area contributed by atoms with Crippen LogP contribution >= 0.6 is 0 Å². The third-order valence-electron chi connectivity index (χ3n) is 2.37. The monoisotopic (exact) mass is 300 g/mol. The van der Waals surface area contributed by atoms with E-state index in [2.05, 4.69) is 15.0 Å². The molecule has 114 valence electrons. The minimum absolute atomic E-state index is 0.161. The van der Waals surface area contributed by atoms with Gasteiger partial charge in [0.1, 0.15) is 6.20 Å². The number of hydrogen-bond donors (Lipinski definition) is 2. The minimum Gasteiger partial charge on any atom is -0.443 e. The average Bonchev–Trinajstić information content (AvgIpc) is 2.45. The lowest BCUT2D eigenvalue weighted by Gasteiger charge is -2.09. The van der Waals surface area contributed by atoms with Gasteiger partial charge in [-0.1, -0.05) is 6.92 Å². The molecule has 1 atom stereocenters. The predicted octanol–water partition coefficient (Wildman–Crippen LogP) is 0.581. The van der Waals surface area contributed by atoms with Crippen molar-refractivity contribution in [3.05, 3.63) is 32.5 Å². The molecule has 11 heteroatoms. The van der Waals surface area contributed by atoms with Crippen molar-refractivity contribution in [2.75, 3.05) is 12.0 Å². The van der Waals surface area contributed by atoms with Crippen LogP contribution in [0.2, 0.25) is 0 Å². The van der Waals surface area contributed by atoms with Crippen molar-refractivity contribution >= 4 is 23.2 Å². The number of nitrogens with one attached hydrogen (secondary N) is 1.